The lowest BCUT2D eigenvalue weighted by molar-refractivity contribution is 0.198. The summed E-state index contributed by atoms with van der Waals surface area (Å²) >= 11 is 16.7. The van der Waals surface area contributed by atoms with Crippen LogP contribution in [0.3, 0.4) is 0 Å². The van der Waals surface area contributed by atoms with E-state index in [2.05, 4.69) is 10.6 Å². The highest BCUT2D eigenvalue weighted by atomic mass is 35.5. The summed E-state index contributed by atoms with van der Waals surface area (Å²) in [7, 11) is 0. The molecule has 0 aliphatic carbocycles. The highest BCUT2D eigenvalue weighted by molar-refractivity contribution is 7.80. The predicted molar refractivity (Wildman–Crippen MR) is 72.4 cm³/mol. The standard InChI is InChI=1S/C10H12Cl2N2OS/c1-6(15)5-13-10(16)14-9-3-7(11)2-8(12)4-9/h2-4,6,15H,5H2,1H3,(H2,13,14,16)/t6-/m0/s1. The lowest BCUT2D eigenvalue weighted by Gasteiger charge is -2.12. The van der Waals surface area contributed by atoms with Crippen molar-refractivity contribution in [2.24, 2.45) is 0 Å². The lowest BCUT2D eigenvalue weighted by atomic mass is 10.3. The fourth-order valence-corrected chi connectivity index (χ4v) is 1.77. The molecule has 0 spiro atoms. The van der Waals surface area contributed by atoms with Crippen LogP contribution < -0.4 is 10.6 Å². The van der Waals surface area contributed by atoms with Gasteiger partial charge < -0.3 is 15.7 Å². The van der Waals surface area contributed by atoms with Gasteiger partial charge in [0.25, 0.3) is 0 Å². The Morgan fingerprint density at radius 3 is 2.44 bits per heavy atom. The van der Waals surface area contributed by atoms with Crippen LogP contribution in [0.2, 0.25) is 10.0 Å². The van der Waals surface area contributed by atoms with E-state index in [-0.39, 0.29) is 0 Å². The van der Waals surface area contributed by atoms with Crippen molar-refractivity contribution in [3.63, 3.8) is 0 Å². The van der Waals surface area contributed by atoms with Crippen molar-refractivity contribution in [3.8, 4) is 0 Å². The van der Waals surface area contributed by atoms with E-state index in [0.717, 1.165) is 0 Å². The Labute approximate surface area is 110 Å². The van der Waals surface area contributed by atoms with Gasteiger partial charge in [0.05, 0.1) is 6.10 Å². The molecule has 1 aromatic carbocycles. The average Bonchev–Trinajstić information content (AvgIpc) is 2.12. The molecule has 0 aliphatic heterocycles. The third-order valence-electron chi connectivity index (χ3n) is 1.68. The van der Waals surface area contributed by atoms with Gasteiger partial charge in [0, 0.05) is 22.3 Å². The summed E-state index contributed by atoms with van der Waals surface area (Å²) in [5.41, 5.74) is 0.709. The molecule has 0 saturated heterocycles. The molecule has 0 aliphatic rings. The molecule has 0 radical (unpaired) electrons. The summed E-state index contributed by atoms with van der Waals surface area (Å²) in [6, 6.07) is 5.06. The van der Waals surface area contributed by atoms with E-state index in [0.29, 0.717) is 27.4 Å². The minimum absolute atomic E-state index is 0.389. The number of hydrogen-bond donors (Lipinski definition) is 3. The average molecular weight is 279 g/mol. The van der Waals surface area contributed by atoms with Gasteiger partial charge in [0.15, 0.2) is 5.11 Å². The molecule has 6 heteroatoms. The van der Waals surface area contributed by atoms with E-state index >= 15 is 0 Å². The SMILES string of the molecule is C[C@H](O)CNC(=S)Nc1cc(Cl)cc(Cl)c1. The molecule has 16 heavy (non-hydrogen) atoms. The lowest BCUT2D eigenvalue weighted by Crippen LogP contribution is -2.33. The van der Waals surface area contributed by atoms with Gasteiger partial charge in [-0.2, -0.15) is 0 Å². The highest BCUT2D eigenvalue weighted by Crippen LogP contribution is 2.22. The van der Waals surface area contributed by atoms with Crippen LogP contribution in [0.1, 0.15) is 6.92 Å². The van der Waals surface area contributed by atoms with E-state index in [9.17, 15) is 0 Å². The van der Waals surface area contributed by atoms with Crippen LogP contribution in [-0.2, 0) is 0 Å². The molecule has 3 N–H and O–H groups in total. The summed E-state index contributed by atoms with van der Waals surface area (Å²) in [6.45, 7) is 2.06. The van der Waals surface area contributed by atoms with Gasteiger partial charge in [-0.3, -0.25) is 0 Å². The quantitative estimate of drug-likeness (QED) is 0.744. The first kappa shape index (κ1) is 13.5. The maximum atomic E-state index is 9.06. The topological polar surface area (TPSA) is 44.3 Å². The van der Waals surface area contributed by atoms with Crippen molar-refractivity contribution >= 4 is 46.2 Å². The maximum absolute atomic E-state index is 9.06. The van der Waals surface area contributed by atoms with E-state index in [1.807, 2.05) is 0 Å². The second-order valence-electron chi connectivity index (χ2n) is 3.34. The first-order chi connectivity index (χ1) is 7.47. The zero-order chi connectivity index (χ0) is 12.1. The van der Waals surface area contributed by atoms with Crippen LogP contribution in [0.5, 0.6) is 0 Å². The van der Waals surface area contributed by atoms with Crippen LogP contribution in [0, 0.1) is 0 Å². The van der Waals surface area contributed by atoms with Crippen molar-refractivity contribution in [3.05, 3.63) is 28.2 Å². The van der Waals surface area contributed by atoms with Crippen LogP contribution in [0.25, 0.3) is 0 Å². The Morgan fingerprint density at radius 2 is 1.94 bits per heavy atom. The number of hydrogen-bond acceptors (Lipinski definition) is 2. The molecule has 0 amide bonds. The van der Waals surface area contributed by atoms with Gasteiger partial charge in [0.1, 0.15) is 0 Å². The molecule has 88 valence electrons. The van der Waals surface area contributed by atoms with E-state index in [4.69, 9.17) is 40.5 Å². The summed E-state index contributed by atoms with van der Waals surface area (Å²) in [6.07, 6.45) is -0.456. The number of anilines is 1. The van der Waals surface area contributed by atoms with Gasteiger partial charge in [-0.05, 0) is 37.3 Å². The van der Waals surface area contributed by atoms with E-state index < -0.39 is 6.10 Å². The summed E-state index contributed by atoms with van der Waals surface area (Å²) in [5, 5.41) is 16.3. The minimum Gasteiger partial charge on any atom is -0.392 e. The number of benzene rings is 1. The van der Waals surface area contributed by atoms with Crippen molar-refractivity contribution in [1.29, 1.82) is 0 Å². The fourth-order valence-electron chi connectivity index (χ4n) is 1.04. The molecular weight excluding hydrogens is 267 g/mol. The number of aliphatic hydroxyl groups is 1. The Bertz CT molecular complexity index is 365. The van der Waals surface area contributed by atoms with Crippen molar-refractivity contribution in [2.45, 2.75) is 13.0 Å². The molecule has 0 bridgehead atoms. The summed E-state index contributed by atoms with van der Waals surface area (Å²) < 4.78 is 0. The molecule has 3 nitrogen and oxygen atoms in total. The Balaban J connectivity index is 2.56. The second kappa shape index (κ2) is 6.25. The Kier molecular flexibility index (Phi) is 5.28. The van der Waals surface area contributed by atoms with Gasteiger partial charge >= 0.3 is 0 Å². The first-order valence-corrected chi connectivity index (χ1v) is 5.83. The van der Waals surface area contributed by atoms with Gasteiger partial charge in [-0.15, -0.1) is 0 Å². The maximum Gasteiger partial charge on any atom is 0.170 e. The minimum atomic E-state index is -0.456. The smallest absolute Gasteiger partial charge is 0.170 e. The number of thiocarbonyl (C=S) groups is 1. The molecule has 1 rings (SSSR count). The van der Waals surface area contributed by atoms with Crippen molar-refractivity contribution in [1.82, 2.24) is 5.32 Å². The Hall–Kier alpha value is -0.550. The molecule has 1 aromatic rings. The molecule has 0 unspecified atom stereocenters. The van der Waals surface area contributed by atoms with Crippen LogP contribution in [-0.4, -0.2) is 22.9 Å². The monoisotopic (exact) mass is 278 g/mol. The summed E-state index contributed by atoms with van der Waals surface area (Å²) in [5.74, 6) is 0. The molecule has 0 aromatic heterocycles. The second-order valence-corrected chi connectivity index (χ2v) is 4.62. The Morgan fingerprint density at radius 1 is 1.38 bits per heavy atom. The third-order valence-corrected chi connectivity index (χ3v) is 2.36. The van der Waals surface area contributed by atoms with Gasteiger partial charge in [-0.1, -0.05) is 23.2 Å². The molecule has 0 fully saturated rings. The van der Waals surface area contributed by atoms with Crippen LogP contribution in [0.15, 0.2) is 18.2 Å². The molecule has 1 atom stereocenters. The third kappa shape index (κ3) is 4.99. The summed E-state index contributed by atoms with van der Waals surface area (Å²) in [4.78, 5) is 0. The zero-order valence-electron chi connectivity index (χ0n) is 8.63. The number of aliphatic hydroxyl groups excluding tert-OH is 1. The van der Waals surface area contributed by atoms with Gasteiger partial charge in [-0.25, -0.2) is 0 Å². The van der Waals surface area contributed by atoms with Gasteiger partial charge in [0.2, 0.25) is 0 Å². The number of nitrogens with one attached hydrogen (secondary N) is 2. The normalized spacial score (nSPS) is 12.0. The van der Waals surface area contributed by atoms with E-state index in [1.165, 1.54) is 0 Å². The fraction of sp³-hybridized carbons (Fsp3) is 0.300. The first-order valence-electron chi connectivity index (χ1n) is 4.66. The molecular formula is C10H12Cl2N2OS. The van der Waals surface area contributed by atoms with E-state index in [1.54, 1.807) is 25.1 Å². The zero-order valence-corrected chi connectivity index (χ0v) is 11.0. The molecule has 0 saturated carbocycles. The largest absolute Gasteiger partial charge is 0.392 e. The highest BCUT2D eigenvalue weighted by Gasteiger charge is 2.01. The van der Waals surface area contributed by atoms with Crippen LogP contribution >= 0.6 is 35.4 Å². The molecule has 0 heterocycles. The van der Waals surface area contributed by atoms with Crippen molar-refractivity contribution in [2.75, 3.05) is 11.9 Å². The predicted octanol–water partition coefficient (Wildman–Crippen LogP) is 2.66. The van der Waals surface area contributed by atoms with Crippen LogP contribution in [0.4, 0.5) is 5.69 Å². The number of halogens is 2. The number of rotatable bonds is 3. The van der Waals surface area contributed by atoms with Crippen molar-refractivity contribution < 1.29 is 5.11 Å².